The number of halogens is 4. The van der Waals surface area contributed by atoms with Gasteiger partial charge in [-0.2, -0.15) is 0 Å². The van der Waals surface area contributed by atoms with Crippen molar-refractivity contribution in [2.24, 2.45) is 0 Å². The van der Waals surface area contributed by atoms with Crippen molar-refractivity contribution in [3.8, 4) is 11.5 Å². The summed E-state index contributed by atoms with van der Waals surface area (Å²) in [6.07, 6.45) is 6.85. The van der Waals surface area contributed by atoms with Crippen molar-refractivity contribution >= 4 is 74.4 Å². The van der Waals surface area contributed by atoms with Gasteiger partial charge in [0.1, 0.15) is 25.1 Å². The minimum absolute atomic E-state index is 0.0321. The van der Waals surface area contributed by atoms with Crippen LogP contribution in [0.5, 0.6) is 11.5 Å². The second kappa shape index (κ2) is 10.6. The van der Waals surface area contributed by atoms with Crippen LogP contribution >= 0.6 is 46.4 Å². The lowest BCUT2D eigenvalue weighted by atomic mass is 9.82. The minimum atomic E-state index is -1.23. The van der Waals surface area contributed by atoms with E-state index in [1.807, 2.05) is 12.1 Å². The molecule has 4 aromatic carbocycles. The molecule has 0 spiro atoms. The first kappa shape index (κ1) is 28.5. The molecule has 0 saturated carbocycles. The monoisotopic (exact) mass is 665 g/mol. The molecule has 0 aromatic heterocycles. The first-order chi connectivity index (χ1) is 21.3. The fourth-order valence-electron chi connectivity index (χ4n) is 7.94. The molecule has 0 unspecified atom stereocenters. The summed E-state index contributed by atoms with van der Waals surface area (Å²) in [5.74, 6) is 0.305. The van der Waals surface area contributed by atoms with Crippen LogP contribution in [0.1, 0.15) is 63.9 Å². The maximum absolute atomic E-state index is 13.0. The van der Waals surface area contributed by atoms with Gasteiger partial charge in [0.25, 0.3) is 0 Å². The largest absolute Gasteiger partial charge is 0.478 e. The number of aryl methyl sites for hydroxylation is 1. The van der Waals surface area contributed by atoms with Crippen LogP contribution < -0.4 is 24.8 Å². The molecule has 0 fully saturated rings. The third kappa shape index (κ3) is 3.99. The third-order valence-electron chi connectivity index (χ3n) is 9.72. The molecule has 0 aliphatic carbocycles. The van der Waals surface area contributed by atoms with Gasteiger partial charge in [0.15, 0.2) is 0 Å². The van der Waals surface area contributed by atoms with Gasteiger partial charge in [-0.15, -0.1) is 0 Å². The molecule has 0 saturated heterocycles. The van der Waals surface area contributed by atoms with E-state index >= 15 is 0 Å². The van der Waals surface area contributed by atoms with E-state index in [1.165, 1.54) is 16.8 Å². The lowest BCUT2D eigenvalue weighted by Gasteiger charge is -2.36. The van der Waals surface area contributed by atoms with Crippen LogP contribution in [0.3, 0.4) is 0 Å². The van der Waals surface area contributed by atoms with E-state index in [0.29, 0.717) is 5.57 Å². The first-order valence-corrected chi connectivity index (χ1v) is 16.7. The summed E-state index contributed by atoms with van der Waals surface area (Å²) >= 11 is 27.0. The zero-order chi connectivity index (χ0) is 30.4. The van der Waals surface area contributed by atoms with Crippen LogP contribution in [0.2, 0.25) is 20.1 Å². The van der Waals surface area contributed by atoms with E-state index in [4.69, 9.17) is 51.1 Å². The van der Waals surface area contributed by atoms with Crippen molar-refractivity contribution < 1.29 is 14.6 Å². The lowest BCUT2D eigenvalue weighted by molar-refractivity contribution is 0.0696. The molecule has 4 aromatic rings. The van der Waals surface area contributed by atoms with Crippen molar-refractivity contribution in [1.29, 1.82) is 0 Å². The fraction of sp³-hybridized carbons (Fsp3) is 0.314. The van der Waals surface area contributed by atoms with E-state index in [-0.39, 0.29) is 31.2 Å². The van der Waals surface area contributed by atoms with E-state index in [9.17, 15) is 9.90 Å². The Morgan fingerprint density at radius 1 is 0.864 bits per heavy atom. The lowest BCUT2D eigenvalue weighted by Crippen LogP contribution is -2.38. The van der Waals surface area contributed by atoms with Gasteiger partial charge in [-0.25, -0.2) is 9.37 Å². The Hall–Kier alpha value is -2.96. The Kier molecular flexibility index (Phi) is 6.84. The molecule has 0 amide bonds. The van der Waals surface area contributed by atoms with Gasteiger partial charge in [0.05, 0.1) is 36.6 Å². The smallest absolute Gasteiger partial charge is 0.337 e. The van der Waals surface area contributed by atoms with Crippen molar-refractivity contribution in [2.75, 3.05) is 31.6 Å². The molecular weight excluding hydrogens is 638 g/mol. The predicted molar refractivity (Wildman–Crippen MR) is 179 cm³/mol. The van der Waals surface area contributed by atoms with Gasteiger partial charge in [-0.3, -0.25) is 0 Å². The first-order valence-electron chi connectivity index (χ1n) is 15.2. The van der Waals surface area contributed by atoms with Gasteiger partial charge in [0, 0.05) is 52.7 Å². The van der Waals surface area contributed by atoms with Crippen molar-refractivity contribution in [1.82, 2.24) is 4.58 Å². The van der Waals surface area contributed by atoms with Crippen molar-refractivity contribution in [3.63, 3.8) is 0 Å². The highest BCUT2D eigenvalue weighted by Gasteiger charge is 2.37. The molecule has 4 heterocycles. The van der Waals surface area contributed by atoms with E-state index in [1.54, 1.807) is 0 Å². The highest BCUT2D eigenvalue weighted by atomic mass is 35.5. The number of aromatic carboxylic acids is 1. The number of carboxylic acid groups (broad SMARTS) is 1. The summed E-state index contributed by atoms with van der Waals surface area (Å²) in [7, 11) is 2.12. The molecule has 8 rings (SSSR count). The molecule has 4 aliphatic rings. The molecule has 4 aliphatic heterocycles. The highest BCUT2D eigenvalue weighted by molar-refractivity contribution is 6.53. The van der Waals surface area contributed by atoms with Crippen LogP contribution in [0.25, 0.3) is 16.3 Å². The second-order valence-corrected chi connectivity index (χ2v) is 13.7. The predicted octanol–water partition coefficient (Wildman–Crippen LogP) is 7.66. The molecule has 224 valence electrons. The summed E-state index contributed by atoms with van der Waals surface area (Å²) in [5.41, 5.74) is 6.43. The number of anilines is 1. The summed E-state index contributed by atoms with van der Waals surface area (Å²) < 4.78 is 9.46. The third-order valence-corrected chi connectivity index (χ3v) is 11.5. The molecule has 1 N–H and O–H groups in total. The summed E-state index contributed by atoms with van der Waals surface area (Å²) in [6, 6.07) is 10.5. The maximum atomic E-state index is 13.0. The summed E-state index contributed by atoms with van der Waals surface area (Å²) in [6.45, 7) is 2.98. The van der Waals surface area contributed by atoms with Crippen LogP contribution in [0, 0.1) is 0 Å². The number of fused-ring (bicyclic) bond motifs is 8. The number of carbonyl (C=O) groups is 1. The maximum Gasteiger partial charge on any atom is 0.337 e. The van der Waals surface area contributed by atoms with Crippen LogP contribution in [0.15, 0.2) is 30.3 Å². The topological polar surface area (TPSA) is 52.8 Å². The number of hydrogen-bond donors (Lipinski definition) is 1. The Bertz CT molecular complexity index is 2110. The van der Waals surface area contributed by atoms with Gasteiger partial charge >= 0.3 is 5.97 Å². The SMILES string of the molecule is C[N+]1=c2c(c3c(c4ccccc24)=C(c2c(Cl)c(Cl)c(Cl)c(Cl)c2C(=O)O)c2cc4c5c(c2O3)CCCN5CCCC4)CCC1. The number of nitrogens with zero attached hydrogens (tertiary/aromatic N) is 2. The van der Waals surface area contributed by atoms with Gasteiger partial charge < -0.3 is 14.7 Å². The Morgan fingerprint density at radius 3 is 2.39 bits per heavy atom. The van der Waals surface area contributed by atoms with Crippen LogP contribution in [-0.4, -0.2) is 37.8 Å². The number of carboxylic acids is 1. The fourth-order valence-corrected chi connectivity index (χ4v) is 8.97. The molecule has 44 heavy (non-hydrogen) atoms. The highest BCUT2D eigenvalue weighted by Crippen LogP contribution is 2.52. The Labute approximate surface area is 274 Å². The summed E-state index contributed by atoms with van der Waals surface area (Å²) in [5, 5.41) is 14.5. The number of hydrogen-bond acceptors (Lipinski definition) is 3. The average molecular weight is 667 g/mol. The van der Waals surface area contributed by atoms with E-state index in [0.717, 1.165) is 109 Å². The quantitative estimate of drug-likeness (QED) is 0.119. The molecular formula is C35H29Cl4N2O3+. The standard InChI is InChI=1S/C35H28Cl4N2O3/c1-40-13-6-11-21-32(40)19-10-3-2-9-18(19)24-23(25-26(35(42)43)28(37)30(39)29(38)27(25)36)22-16-17-8-4-5-14-41-15-7-12-20(31(17)41)33(22)44-34(21)24/h2-3,9-10,16H,4-8,11-15H2,1H3/p+1. The van der Waals surface area contributed by atoms with Crippen molar-refractivity contribution in [3.05, 3.63) is 94.4 Å². The molecule has 0 atom stereocenters. The van der Waals surface area contributed by atoms with E-state index < -0.39 is 5.97 Å². The Morgan fingerprint density at radius 2 is 1.59 bits per heavy atom. The minimum Gasteiger partial charge on any atom is -0.478 e. The van der Waals surface area contributed by atoms with Crippen LogP contribution in [0.4, 0.5) is 5.69 Å². The zero-order valence-electron chi connectivity index (χ0n) is 24.1. The number of benzene rings is 4. The number of rotatable bonds is 2. The van der Waals surface area contributed by atoms with Crippen LogP contribution in [-0.2, 0) is 19.3 Å². The van der Waals surface area contributed by atoms with Gasteiger partial charge in [-0.05, 0) is 61.6 Å². The number of ether oxygens (including phenoxy) is 1. The molecule has 9 heteroatoms. The normalized spacial score (nSPS) is 17.0. The van der Waals surface area contributed by atoms with Gasteiger partial charge in [0.2, 0.25) is 5.36 Å². The molecule has 5 nitrogen and oxygen atoms in total. The molecule has 0 bridgehead atoms. The Balaban J connectivity index is 1.66. The molecule has 0 radical (unpaired) electrons. The zero-order valence-corrected chi connectivity index (χ0v) is 27.2. The summed E-state index contributed by atoms with van der Waals surface area (Å²) in [4.78, 5) is 15.5. The van der Waals surface area contributed by atoms with E-state index in [2.05, 4.69) is 34.7 Å². The van der Waals surface area contributed by atoms with Crippen molar-refractivity contribution in [2.45, 2.75) is 44.9 Å². The average Bonchev–Trinajstić information content (AvgIpc) is 3.24. The second-order valence-electron chi connectivity index (χ2n) is 12.2. The van der Waals surface area contributed by atoms with Gasteiger partial charge in [-0.1, -0.05) is 64.6 Å².